The lowest BCUT2D eigenvalue weighted by Crippen LogP contribution is -2.27. The van der Waals surface area contributed by atoms with Crippen molar-refractivity contribution in [3.8, 4) is 5.75 Å². The summed E-state index contributed by atoms with van der Waals surface area (Å²) in [5, 5.41) is 3.27. The second-order valence-electron chi connectivity index (χ2n) is 7.17. The summed E-state index contributed by atoms with van der Waals surface area (Å²) in [5.41, 5.74) is 2.40. The second kappa shape index (κ2) is 10.7. The third-order valence-corrected chi connectivity index (χ3v) is 6.30. The monoisotopic (exact) mass is 494 g/mol. The van der Waals surface area contributed by atoms with E-state index in [0.29, 0.717) is 32.2 Å². The topological polar surface area (TPSA) is 58.6 Å². The molecular weight excluding hydrogens is 476 g/mol. The Balaban J connectivity index is 1.38. The van der Waals surface area contributed by atoms with Crippen molar-refractivity contribution in [2.45, 2.75) is 6.54 Å². The van der Waals surface area contributed by atoms with E-state index in [1.54, 1.807) is 53.4 Å². The molecule has 3 aromatic carbocycles. The number of amides is 2. The molecule has 0 bridgehead atoms. The number of ether oxygens (including phenoxy) is 1. The molecule has 8 heteroatoms. The summed E-state index contributed by atoms with van der Waals surface area (Å²) in [6.45, 7) is 0.281. The predicted molar refractivity (Wildman–Crippen MR) is 137 cm³/mol. The molecule has 2 amide bonds. The molecule has 0 atom stereocenters. The van der Waals surface area contributed by atoms with Gasteiger partial charge in [0.2, 0.25) is 0 Å². The highest BCUT2D eigenvalue weighted by atomic mass is 35.5. The number of anilines is 1. The van der Waals surface area contributed by atoms with E-state index >= 15 is 0 Å². The zero-order valence-corrected chi connectivity index (χ0v) is 19.8. The molecule has 166 valence electrons. The molecule has 33 heavy (non-hydrogen) atoms. The van der Waals surface area contributed by atoms with Gasteiger partial charge in [-0.15, -0.1) is 0 Å². The van der Waals surface area contributed by atoms with Gasteiger partial charge in [-0.25, -0.2) is 0 Å². The summed E-state index contributed by atoms with van der Waals surface area (Å²) in [6.07, 6.45) is 1.78. The summed E-state index contributed by atoms with van der Waals surface area (Å²) < 4.78 is 6.15. The van der Waals surface area contributed by atoms with Crippen molar-refractivity contribution in [1.29, 1.82) is 0 Å². The number of hydrogen-bond donors (Lipinski definition) is 1. The number of thioether (sulfide) groups is 1. The molecule has 1 heterocycles. The van der Waals surface area contributed by atoms with Crippen molar-refractivity contribution in [3.05, 3.63) is 99.9 Å². The fraction of sp³-hybridized carbons (Fsp3) is 0.0800. The van der Waals surface area contributed by atoms with Crippen LogP contribution in [-0.2, 0) is 16.1 Å². The van der Waals surface area contributed by atoms with E-state index in [1.807, 2.05) is 36.4 Å². The Morgan fingerprint density at radius 1 is 1.06 bits per heavy atom. The van der Waals surface area contributed by atoms with E-state index < -0.39 is 0 Å². The van der Waals surface area contributed by atoms with Gasteiger partial charge < -0.3 is 10.1 Å². The molecular formula is C25H19ClN2O3S2. The Bertz CT molecular complexity index is 1230. The molecule has 1 N–H and O–H groups in total. The van der Waals surface area contributed by atoms with Gasteiger partial charge in [0.05, 0.1) is 11.4 Å². The third-order valence-electron chi connectivity index (χ3n) is 4.69. The van der Waals surface area contributed by atoms with E-state index in [-0.39, 0.29) is 18.4 Å². The molecule has 5 nitrogen and oxygen atoms in total. The minimum absolute atomic E-state index is 0.124. The normalized spacial score (nSPS) is 14.6. The van der Waals surface area contributed by atoms with Crippen LogP contribution in [0.1, 0.15) is 11.1 Å². The van der Waals surface area contributed by atoms with Gasteiger partial charge in [0, 0.05) is 10.7 Å². The number of thiocarbonyl (C=S) groups is 1. The van der Waals surface area contributed by atoms with Gasteiger partial charge >= 0.3 is 0 Å². The first-order chi connectivity index (χ1) is 16.0. The maximum absolute atomic E-state index is 12.9. The molecule has 0 spiro atoms. The molecule has 1 saturated heterocycles. The zero-order chi connectivity index (χ0) is 23.2. The molecule has 0 aromatic heterocycles. The molecule has 0 unspecified atom stereocenters. The number of nitrogens with one attached hydrogen (secondary N) is 1. The SMILES string of the molecule is O=C(COc1cccc(/C=C2\SC(=S)N(Cc3ccccc3)C2=O)c1)Nc1cccc(Cl)c1. The number of nitrogens with zero attached hydrogens (tertiary/aromatic N) is 1. The fourth-order valence-corrected chi connectivity index (χ4v) is 4.61. The molecule has 0 saturated carbocycles. The summed E-state index contributed by atoms with van der Waals surface area (Å²) in [4.78, 5) is 27.2. The Morgan fingerprint density at radius 2 is 1.85 bits per heavy atom. The van der Waals surface area contributed by atoms with Crippen molar-refractivity contribution in [2.75, 3.05) is 11.9 Å². The molecule has 0 aliphatic carbocycles. The van der Waals surface area contributed by atoms with Crippen LogP contribution < -0.4 is 10.1 Å². The number of carbonyl (C=O) groups excluding carboxylic acids is 2. The van der Waals surface area contributed by atoms with Gasteiger partial charge in [0.1, 0.15) is 10.1 Å². The highest BCUT2D eigenvalue weighted by Gasteiger charge is 2.31. The Labute approximate surface area is 206 Å². The average molecular weight is 495 g/mol. The summed E-state index contributed by atoms with van der Waals surface area (Å²) >= 11 is 12.6. The smallest absolute Gasteiger partial charge is 0.266 e. The first-order valence-electron chi connectivity index (χ1n) is 10.1. The lowest BCUT2D eigenvalue weighted by atomic mass is 10.2. The Kier molecular flexibility index (Phi) is 7.44. The lowest BCUT2D eigenvalue weighted by molar-refractivity contribution is -0.122. The first-order valence-corrected chi connectivity index (χ1v) is 11.7. The van der Waals surface area contributed by atoms with E-state index in [9.17, 15) is 9.59 Å². The standard InChI is InChI=1S/C25H19ClN2O3S2/c26-19-9-5-10-20(14-19)27-23(29)16-31-21-11-4-8-18(12-21)13-22-24(30)28(25(32)33-22)15-17-6-2-1-3-7-17/h1-14H,15-16H2,(H,27,29)/b22-13-. The van der Waals surface area contributed by atoms with Gasteiger partial charge in [0.15, 0.2) is 6.61 Å². The summed E-state index contributed by atoms with van der Waals surface area (Å²) in [5.74, 6) is 0.0929. The Morgan fingerprint density at radius 3 is 2.64 bits per heavy atom. The van der Waals surface area contributed by atoms with Crippen LogP contribution in [0, 0.1) is 0 Å². The number of rotatable bonds is 7. The van der Waals surface area contributed by atoms with E-state index in [2.05, 4.69) is 5.32 Å². The van der Waals surface area contributed by atoms with Gasteiger partial charge in [-0.1, -0.05) is 84.1 Å². The molecule has 3 aromatic rings. The third kappa shape index (κ3) is 6.22. The maximum Gasteiger partial charge on any atom is 0.266 e. The van der Waals surface area contributed by atoms with E-state index in [1.165, 1.54) is 11.8 Å². The quantitative estimate of drug-likeness (QED) is 0.334. The molecule has 4 rings (SSSR count). The van der Waals surface area contributed by atoms with Crippen molar-refractivity contribution < 1.29 is 14.3 Å². The van der Waals surface area contributed by atoms with Crippen LogP contribution in [0.15, 0.2) is 83.8 Å². The van der Waals surface area contributed by atoms with Crippen LogP contribution in [0.3, 0.4) is 0 Å². The summed E-state index contributed by atoms with van der Waals surface area (Å²) in [7, 11) is 0. The van der Waals surface area contributed by atoms with Gasteiger partial charge in [0.25, 0.3) is 11.8 Å². The number of benzene rings is 3. The first kappa shape index (κ1) is 23.0. The van der Waals surface area contributed by atoms with E-state index in [4.69, 9.17) is 28.6 Å². The lowest BCUT2D eigenvalue weighted by Gasteiger charge is -2.14. The Hall–Kier alpha value is -3.13. The second-order valence-corrected chi connectivity index (χ2v) is 9.29. The highest BCUT2D eigenvalue weighted by Crippen LogP contribution is 2.34. The van der Waals surface area contributed by atoms with Crippen molar-refractivity contribution in [3.63, 3.8) is 0 Å². The number of carbonyl (C=O) groups is 2. The number of hydrogen-bond acceptors (Lipinski definition) is 5. The van der Waals surface area contributed by atoms with E-state index in [0.717, 1.165) is 11.1 Å². The molecule has 1 aliphatic heterocycles. The van der Waals surface area contributed by atoms with Gasteiger partial charge in [-0.3, -0.25) is 14.5 Å². The number of halogens is 1. The van der Waals surface area contributed by atoms with Crippen LogP contribution in [0.25, 0.3) is 6.08 Å². The fourth-order valence-electron chi connectivity index (χ4n) is 3.16. The van der Waals surface area contributed by atoms with Crippen LogP contribution >= 0.6 is 35.6 Å². The van der Waals surface area contributed by atoms with Crippen molar-refractivity contribution in [1.82, 2.24) is 4.90 Å². The largest absolute Gasteiger partial charge is 0.484 e. The molecule has 1 fully saturated rings. The maximum atomic E-state index is 12.9. The van der Waals surface area contributed by atoms with Crippen molar-refractivity contribution >= 4 is 63.5 Å². The zero-order valence-electron chi connectivity index (χ0n) is 17.4. The highest BCUT2D eigenvalue weighted by molar-refractivity contribution is 8.26. The van der Waals surface area contributed by atoms with Crippen LogP contribution in [0.4, 0.5) is 5.69 Å². The summed E-state index contributed by atoms with van der Waals surface area (Å²) in [6, 6.07) is 23.8. The van der Waals surface area contributed by atoms with Crippen LogP contribution in [-0.4, -0.2) is 27.6 Å². The van der Waals surface area contributed by atoms with Gasteiger partial charge in [-0.05, 0) is 47.5 Å². The minimum Gasteiger partial charge on any atom is -0.484 e. The average Bonchev–Trinajstić information content (AvgIpc) is 3.06. The van der Waals surface area contributed by atoms with Crippen molar-refractivity contribution in [2.24, 2.45) is 0 Å². The molecule has 1 aliphatic rings. The molecule has 0 radical (unpaired) electrons. The predicted octanol–water partition coefficient (Wildman–Crippen LogP) is 5.76. The van der Waals surface area contributed by atoms with Crippen LogP contribution in [0.5, 0.6) is 5.75 Å². The van der Waals surface area contributed by atoms with Gasteiger partial charge in [-0.2, -0.15) is 0 Å². The van der Waals surface area contributed by atoms with Crippen LogP contribution in [0.2, 0.25) is 5.02 Å². The minimum atomic E-state index is -0.301.